The average molecular weight is 1060 g/mol. The molecular weight excluding hydrogens is 940 g/mol. The first-order valence-corrected chi connectivity index (χ1v) is 32.3. The Morgan fingerprint density at radius 2 is 0.824 bits per heavy atom. The number of ether oxygens (including phenoxy) is 1. The summed E-state index contributed by atoms with van der Waals surface area (Å²) in [6, 6.07) is -0.862. The number of nitrogens with one attached hydrogen (secondary N) is 1. The second kappa shape index (κ2) is 53.8. The van der Waals surface area contributed by atoms with Gasteiger partial charge in [-0.25, -0.2) is 4.57 Å². The lowest BCUT2D eigenvalue weighted by Crippen LogP contribution is -2.47. The van der Waals surface area contributed by atoms with Gasteiger partial charge in [-0.05, 0) is 102 Å². The van der Waals surface area contributed by atoms with E-state index in [1.165, 1.54) is 122 Å². The van der Waals surface area contributed by atoms with Crippen molar-refractivity contribution in [2.45, 2.75) is 283 Å². The number of esters is 1. The largest absolute Gasteiger partial charge is 0.472 e. The average Bonchev–Trinajstić information content (AvgIpc) is 3.36. The van der Waals surface area contributed by atoms with Crippen LogP contribution in [0, 0.1) is 0 Å². The summed E-state index contributed by atoms with van der Waals surface area (Å²) in [4.78, 5) is 37.7. The number of hydrogen-bond acceptors (Lipinski definition) is 6. The summed E-state index contributed by atoms with van der Waals surface area (Å²) in [5.74, 6) is -0.535. The van der Waals surface area contributed by atoms with Gasteiger partial charge in [0.25, 0.3) is 0 Å². The Balaban J connectivity index is 5.28. The third kappa shape index (κ3) is 54.2. The van der Waals surface area contributed by atoms with E-state index in [1.807, 2.05) is 33.3 Å². The van der Waals surface area contributed by atoms with Crippen molar-refractivity contribution in [3.05, 3.63) is 72.9 Å². The maximum Gasteiger partial charge on any atom is 0.472 e. The van der Waals surface area contributed by atoms with Crippen LogP contribution in [0.15, 0.2) is 72.9 Å². The Labute approximate surface area is 457 Å². The predicted octanol–water partition coefficient (Wildman–Crippen LogP) is 18.8. The van der Waals surface area contributed by atoms with Gasteiger partial charge in [-0.1, -0.05) is 229 Å². The molecule has 430 valence electrons. The zero-order valence-electron chi connectivity index (χ0n) is 49.1. The molecule has 0 spiro atoms. The Bertz CT molecular complexity index is 1500. The fourth-order valence-corrected chi connectivity index (χ4v) is 9.30. The van der Waals surface area contributed by atoms with Crippen molar-refractivity contribution in [2.24, 2.45) is 0 Å². The van der Waals surface area contributed by atoms with Crippen molar-refractivity contribution in [3.63, 3.8) is 0 Å². The fourth-order valence-electron chi connectivity index (χ4n) is 8.56. The van der Waals surface area contributed by atoms with E-state index in [-0.39, 0.29) is 31.5 Å². The number of allylic oxidation sites excluding steroid dienone is 11. The van der Waals surface area contributed by atoms with E-state index in [0.717, 1.165) is 109 Å². The summed E-state index contributed by atoms with van der Waals surface area (Å²) in [5, 5.41) is 3.04. The lowest BCUT2D eigenvalue weighted by atomic mass is 10.1. The summed E-state index contributed by atoms with van der Waals surface area (Å²) < 4.78 is 30.6. The molecule has 0 saturated carbocycles. The number of quaternary nitrogens is 1. The van der Waals surface area contributed by atoms with Gasteiger partial charge in [-0.3, -0.25) is 18.6 Å². The maximum atomic E-state index is 13.5. The molecule has 0 fully saturated rings. The molecule has 0 heterocycles. The van der Waals surface area contributed by atoms with Gasteiger partial charge in [0, 0.05) is 12.8 Å². The zero-order valence-corrected chi connectivity index (χ0v) is 50.0. The van der Waals surface area contributed by atoms with Crippen molar-refractivity contribution < 1.29 is 37.3 Å². The van der Waals surface area contributed by atoms with Crippen molar-refractivity contribution in [2.75, 3.05) is 40.9 Å². The molecule has 0 aliphatic carbocycles. The van der Waals surface area contributed by atoms with Crippen LogP contribution in [-0.4, -0.2) is 74.3 Å². The second-order valence-corrected chi connectivity index (χ2v) is 23.3. The van der Waals surface area contributed by atoms with E-state index in [2.05, 4.69) is 86.8 Å². The van der Waals surface area contributed by atoms with Crippen molar-refractivity contribution >= 4 is 19.7 Å². The fraction of sp³-hybridized carbons (Fsp3) is 0.781. The number of carbonyl (C=O) groups excluding carboxylic acids is 2. The standard InChI is InChI=1S/C64H117N2O7P/c1-7-10-13-16-19-22-25-27-29-31-32-33-34-35-37-39-42-45-48-51-54-57-64(68)73-62(55-52-49-46-43-40-24-21-18-15-12-9-3)61(60-72-74(69,70)71-59-58-66(4,5)6)65-63(67)56-53-50-47-44-41-38-36-30-28-26-23-20-17-14-11-8-2/h19,22,27,29-30,32-33,35-37,52,55,61-62H,7-18,20-21,23-26,28,31,34,38-51,53-54,56-60H2,1-6H3,(H-,65,67,69,70)/p+1/b22-19-,29-27-,33-32-,36-30+,37-35-,55-52+. The highest BCUT2D eigenvalue weighted by Crippen LogP contribution is 2.43. The molecule has 0 saturated heterocycles. The molecule has 0 radical (unpaired) electrons. The first-order valence-electron chi connectivity index (χ1n) is 30.8. The van der Waals surface area contributed by atoms with Gasteiger partial charge in [0.15, 0.2) is 0 Å². The Morgan fingerprint density at radius 3 is 1.27 bits per heavy atom. The van der Waals surface area contributed by atoms with Crippen LogP contribution in [0.5, 0.6) is 0 Å². The third-order valence-corrected chi connectivity index (χ3v) is 14.4. The number of amides is 1. The second-order valence-electron chi connectivity index (χ2n) is 21.9. The molecule has 2 N–H and O–H groups in total. The Kier molecular flexibility index (Phi) is 52.0. The summed E-state index contributed by atoms with van der Waals surface area (Å²) in [5.41, 5.74) is 0. The van der Waals surface area contributed by atoms with Crippen LogP contribution >= 0.6 is 7.82 Å². The van der Waals surface area contributed by atoms with E-state index >= 15 is 0 Å². The molecule has 3 unspecified atom stereocenters. The van der Waals surface area contributed by atoms with E-state index in [1.54, 1.807) is 0 Å². The van der Waals surface area contributed by atoms with Gasteiger partial charge >= 0.3 is 13.8 Å². The monoisotopic (exact) mass is 1060 g/mol. The van der Waals surface area contributed by atoms with Gasteiger partial charge in [0.2, 0.25) is 5.91 Å². The molecule has 0 aromatic heterocycles. The maximum absolute atomic E-state index is 13.5. The summed E-state index contributed by atoms with van der Waals surface area (Å²) in [7, 11) is 1.48. The van der Waals surface area contributed by atoms with E-state index in [0.29, 0.717) is 23.9 Å². The third-order valence-electron chi connectivity index (χ3n) is 13.4. The molecule has 0 bridgehead atoms. The van der Waals surface area contributed by atoms with Gasteiger partial charge < -0.3 is 19.4 Å². The Morgan fingerprint density at radius 1 is 0.473 bits per heavy atom. The summed E-state index contributed by atoms with van der Waals surface area (Å²) >= 11 is 0. The quantitative estimate of drug-likeness (QED) is 0.0205. The van der Waals surface area contributed by atoms with Crippen LogP contribution in [0.2, 0.25) is 0 Å². The van der Waals surface area contributed by atoms with Gasteiger partial charge in [0.05, 0.1) is 33.8 Å². The Hall–Kier alpha value is -2.55. The smallest absolute Gasteiger partial charge is 0.456 e. The van der Waals surface area contributed by atoms with E-state index in [4.69, 9.17) is 13.8 Å². The number of hydrogen-bond donors (Lipinski definition) is 2. The van der Waals surface area contributed by atoms with Gasteiger partial charge in [-0.2, -0.15) is 0 Å². The predicted molar refractivity (Wildman–Crippen MR) is 318 cm³/mol. The van der Waals surface area contributed by atoms with Crippen molar-refractivity contribution in [3.8, 4) is 0 Å². The van der Waals surface area contributed by atoms with Crippen LogP contribution in [-0.2, 0) is 27.9 Å². The van der Waals surface area contributed by atoms with Crippen LogP contribution in [0.4, 0.5) is 0 Å². The minimum Gasteiger partial charge on any atom is -0.456 e. The number of carbonyl (C=O) groups is 2. The van der Waals surface area contributed by atoms with Crippen LogP contribution in [0.25, 0.3) is 0 Å². The molecular formula is C64H118N2O7P+. The molecule has 9 nitrogen and oxygen atoms in total. The molecule has 3 atom stereocenters. The van der Waals surface area contributed by atoms with Crippen molar-refractivity contribution in [1.29, 1.82) is 0 Å². The SMILES string of the molecule is CCCCC/C=C\C/C=C\C/C=C\C/C=C\CCCCCCCC(=O)OC(/C=C/CCCCCCCCCCC)C(COP(=O)(O)OCC[N+](C)(C)C)NC(=O)CCCCCCC/C=C/CCCCCCCCC. The lowest BCUT2D eigenvalue weighted by Gasteiger charge is -2.27. The van der Waals surface area contributed by atoms with Crippen molar-refractivity contribution in [1.82, 2.24) is 5.32 Å². The topological polar surface area (TPSA) is 111 Å². The number of rotatable bonds is 55. The zero-order chi connectivity index (χ0) is 54.3. The molecule has 0 aromatic carbocycles. The highest BCUT2D eigenvalue weighted by Gasteiger charge is 2.30. The number of nitrogens with zero attached hydrogens (tertiary/aromatic N) is 1. The first-order chi connectivity index (χ1) is 35.9. The number of unbranched alkanes of at least 4 members (excludes halogenated alkanes) is 29. The van der Waals surface area contributed by atoms with Gasteiger partial charge in [-0.15, -0.1) is 0 Å². The highest BCUT2D eigenvalue weighted by molar-refractivity contribution is 7.47. The minimum absolute atomic E-state index is 0.0332. The number of phosphoric ester groups is 1. The molecule has 0 aliphatic heterocycles. The van der Waals surface area contributed by atoms with Gasteiger partial charge in [0.1, 0.15) is 19.3 Å². The lowest BCUT2D eigenvalue weighted by molar-refractivity contribution is -0.870. The van der Waals surface area contributed by atoms with E-state index in [9.17, 15) is 19.0 Å². The first kappa shape index (κ1) is 71.5. The minimum atomic E-state index is -4.45. The highest BCUT2D eigenvalue weighted by atomic mass is 31.2. The molecule has 74 heavy (non-hydrogen) atoms. The molecule has 0 rings (SSSR count). The summed E-state index contributed by atoms with van der Waals surface area (Å²) in [6.07, 6.45) is 68.9. The molecule has 1 amide bonds. The van der Waals surface area contributed by atoms with E-state index < -0.39 is 20.0 Å². The van der Waals surface area contributed by atoms with Crippen LogP contribution < -0.4 is 5.32 Å². The van der Waals surface area contributed by atoms with Crippen LogP contribution in [0.1, 0.15) is 271 Å². The normalized spacial score (nSPS) is 14.2. The molecule has 10 heteroatoms. The van der Waals surface area contributed by atoms with Crippen LogP contribution in [0.3, 0.4) is 0 Å². The molecule has 0 aromatic rings. The summed E-state index contributed by atoms with van der Waals surface area (Å²) in [6.45, 7) is 6.96. The number of phosphoric acid groups is 1. The number of likely N-dealkylation sites (N-methyl/N-ethyl adjacent to an activating group) is 1. The molecule has 0 aliphatic rings.